The van der Waals surface area contributed by atoms with E-state index in [1.165, 1.54) is 6.07 Å². The van der Waals surface area contributed by atoms with E-state index in [4.69, 9.17) is 4.74 Å². The normalized spacial score (nSPS) is 17.6. The van der Waals surface area contributed by atoms with Crippen molar-refractivity contribution >= 4 is 23.1 Å². The fourth-order valence-electron chi connectivity index (χ4n) is 4.16. The van der Waals surface area contributed by atoms with Gasteiger partial charge in [0.15, 0.2) is 0 Å². The van der Waals surface area contributed by atoms with Crippen molar-refractivity contribution < 1.29 is 14.5 Å². The Hall–Kier alpha value is -3.33. The Kier molecular flexibility index (Phi) is 7.19. The zero-order valence-corrected chi connectivity index (χ0v) is 18.8. The minimum Gasteiger partial charge on any atom is -0.465 e. The Morgan fingerprint density at radius 1 is 1.28 bits per heavy atom. The number of carbonyl (C=O) groups is 1. The molecule has 1 aliphatic heterocycles. The summed E-state index contributed by atoms with van der Waals surface area (Å²) in [5.41, 5.74) is 1.04. The van der Waals surface area contributed by atoms with Crippen molar-refractivity contribution in [2.75, 3.05) is 27.2 Å². The quantitative estimate of drug-likeness (QED) is 0.355. The molecule has 170 valence electrons. The Morgan fingerprint density at radius 3 is 2.66 bits per heavy atom. The predicted molar refractivity (Wildman–Crippen MR) is 122 cm³/mol. The maximum atomic E-state index is 13.5. The van der Waals surface area contributed by atoms with Crippen molar-refractivity contribution in [1.29, 1.82) is 0 Å². The number of aliphatic imine (C=N–C) groups is 1. The lowest BCUT2D eigenvalue weighted by molar-refractivity contribution is -0.385. The smallest absolute Gasteiger partial charge is 0.315 e. The van der Waals surface area contributed by atoms with E-state index in [1.54, 1.807) is 48.9 Å². The molecule has 0 amide bonds. The van der Waals surface area contributed by atoms with Crippen LogP contribution >= 0.6 is 0 Å². The number of ether oxygens (including phenoxy) is 1. The zero-order chi connectivity index (χ0) is 23.4. The molecule has 0 saturated carbocycles. The van der Waals surface area contributed by atoms with Gasteiger partial charge in [0.1, 0.15) is 5.92 Å². The number of nitrogens with zero attached hydrogens (tertiary/aromatic N) is 4. The van der Waals surface area contributed by atoms with Gasteiger partial charge in [-0.2, -0.15) is 0 Å². The van der Waals surface area contributed by atoms with E-state index in [1.807, 2.05) is 19.0 Å². The van der Waals surface area contributed by atoms with E-state index in [9.17, 15) is 19.7 Å². The van der Waals surface area contributed by atoms with E-state index in [2.05, 4.69) is 4.99 Å². The molecule has 2 aromatic rings. The standard InChI is InChI=1S/C23H28N4O5/c1-5-32-23(29)19-15(2)24-17-11-14-26(13-8-12-25(3)4)22(28)21(17)20(19)16-9-6-7-10-18(16)27(30)31/h6-7,9-11,14,19-20H,5,8,12-13H2,1-4H3. The van der Waals surface area contributed by atoms with E-state index in [0.29, 0.717) is 23.5 Å². The number of rotatable bonds is 8. The van der Waals surface area contributed by atoms with Gasteiger partial charge >= 0.3 is 5.97 Å². The number of nitro groups is 1. The van der Waals surface area contributed by atoms with E-state index in [-0.39, 0.29) is 23.4 Å². The summed E-state index contributed by atoms with van der Waals surface area (Å²) in [6.45, 7) is 4.83. The van der Waals surface area contributed by atoms with Crippen LogP contribution in [0, 0.1) is 16.0 Å². The van der Waals surface area contributed by atoms with Gasteiger partial charge in [0.05, 0.1) is 22.8 Å². The number of aryl methyl sites for hydroxylation is 1. The van der Waals surface area contributed by atoms with Crippen LogP contribution in [0.4, 0.5) is 11.4 Å². The van der Waals surface area contributed by atoms with Crippen LogP contribution in [0.5, 0.6) is 0 Å². The molecular formula is C23H28N4O5. The van der Waals surface area contributed by atoms with E-state index in [0.717, 1.165) is 13.0 Å². The molecule has 9 heteroatoms. The third kappa shape index (κ3) is 4.62. The Bertz CT molecular complexity index is 1110. The van der Waals surface area contributed by atoms with Crippen LogP contribution < -0.4 is 5.56 Å². The molecule has 0 spiro atoms. The lowest BCUT2D eigenvalue weighted by Crippen LogP contribution is -2.38. The maximum absolute atomic E-state index is 13.5. The molecule has 0 bridgehead atoms. The van der Waals surface area contributed by atoms with Gasteiger partial charge in [0, 0.05) is 36.0 Å². The Balaban J connectivity index is 2.22. The highest BCUT2D eigenvalue weighted by molar-refractivity contribution is 6.05. The highest BCUT2D eigenvalue weighted by Gasteiger charge is 2.43. The lowest BCUT2D eigenvalue weighted by Gasteiger charge is -2.30. The molecule has 0 saturated heterocycles. The second-order valence-corrected chi connectivity index (χ2v) is 8.05. The number of hydrogen-bond donors (Lipinski definition) is 0. The first kappa shape index (κ1) is 23.3. The summed E-state index contributed by atoms with van der Waals surface area (Å²) in [5, 5.41) is 11.8. The molecule has 9 nitrogen and oxygen atoms in total. The lowest BCUT2D eigenvalue weighted by atomic mass is 9.76. The second kappa shape index (κ2) is 9.86. The van der Waals surface area contributed by atoms with Crippen molar-refractivity contribution in [3.63, 3.8) is 0 Å². The number of aromatic nitrogens is 1. The van der Waals surface area contributed by atoms with Gasteiger partial charge < -0.3 is 14.2 Å². The topological polar surface area (TPSA) is 107 Å². The van der Waals surface area contributed by atoms with Gasteiger partial charge in [-0.05, 0) is 47.0 Å². The molecule has 1 aromatic carbocycles. The predicted octanol–water partition coefficient (Wildman–Crippen LogP) is 3.13. The second-order valence-electron chi connectivity index (χ2n) is 8.05. The molecule has 1 aromatic heterocycles. The van der Waals surface area contributed by atoms with Gasteiger partial charge in [-0.25, -0.2) is 0 Å². The van der Waals surface area contributed by atoms with Crippen LogP contribution in [-0.2, 0) is 16.1 Å². The van der Waals surface area contributed by atoms with Crippen LogP contribution in [0.25, 0.3) is 0 Å². The van der Waals surface area contributed by atoms with Crippen LogP contribution in [-0.4, -0.2) is 53.3 Å². The highest BCUT2D eigenvalue weighted by atomic mass is 16.6. The summed E-state index contributed by atoms with van der Waals surface area (Å²) in [4.78, 5) is 44.3. The highest BCUT2D eigenvalue weighted by Crippen LogP contribution is 2.43. The van der Waals surface area contributed by atoms with Gasteiger partial charge in [-0.15, -0.1) is 0 Å². The maximum Gasteiger partial charge on any atom is 0.315 e. The molecule has 2 atom stereocenters. The molecule has 3 rings (SSSR count). The van der Waals surface area contributed by atoms with E-state index >= 15 is 0 Å². The summed E-state index contributed by atoms with van der Waals surface area (Å²) in [6.07, 6.45) is 2.44. The minimum absolute atomic E-state index is 0.144. The summed E-state index contributed by atoms with van der Waals surface area (Å²) in [5.74, 6) is -2.34. The third-order valence-corrected chi connectivity index (χ3v) is 5.58. The SMILES string of the molecule is CCOC(=O)C1C(C)=Nc2ccn(CCCN(C)C)c(=O)c2C1c1ccccc1[N+](=O)[O-]. The van der Waals surface area contributed by atoms with Crippen LogP contribution in [0.15, 0.2) is 46.3 Å². The number of hydrogen-bond acceptors (Lipinski definition) is 7. The molecule has 0 fully saturated rings. The van der Waals surface area contributed by atoms with Gasteiger partial charge in [0.25, 0.3) is 11.2 Å². The number of nitro benzene ring substituents is 1. The van der Waals surface area contributed by atoms with Crippen molar-refractivity contribution in [1.82, 2.24) is 9.47 Å². The fraction of sp³-hybridized carbons (Fsp3) is 0.435. The zero-order valence-electron chi connectivity index (χ0n) is 18.8. The monoisotopic (exact) mass is 440 g/mol. The third-order valence-electron chi connectivity index (χ3n) is 5.58. The molecule has 0 aliphatic carbocycles. The molecule has 2 heterocycles. The largest absolute Gasteiger partial charge is 0.465 e. The molecule has 0 N–H and O–H groups in total. The number of carbonyl (C=O) groups excluding carboxylic acids is 1. The number of fused-ring (bicyclic) bond motifs is 1. The first-order chi connectivity index (χ1) is 15.3. The minimum atomic E-state index is -0.922. The summed E-state index contributed by atoms with van der Waals surface area (Å²) >= 11 is 0. The van der Waals surface area contributed by atoms with E-state index < -0.39 is 22.7 Å². The first-order valence-corrected chi connectivity index (χ1v) is 10.6. The van der Waals surface area contributed by atoms with Crippen LogP contribution in [0.2, 0.25) is 0 Å². The number of pyridine rings is 1. The van der Waals surface area contributed by atoms with Gasteiger partial charge in [0.2, 0.25) is 0 Å². The molecule has 1 aliphatic rings. The molecule has 2 unspecified atom stereocenters. The van der Waals surface area contributed by atoms with Crippen molar-refractivity contribution in [2.24, 2.45) is 10.9 Å². The Morgan fingerprint density at radius 2 is 2.00 bits per heavy atom. The summed E-state index contributed by atoms with van der Waals surface area (Å²) in [6, 6.07) is 7.95. The fourth-order valence-corrected chi connectivity index (χ4v) is 4.16. The summed E-state index contributed by atoms with van der Waals surface area (Å²) in [7, 11) is 3.92. The van der Waals surface area contributed by atoms with Crippen molar-refractivity contribution in [3.8, 4) is 0 Å². The summed E-state index contributed by atoms with van der Waals surface area (Å²) < 4.78 is 6.86. The average Bonchev–Trinajstić information content (AvgIpc) is 2.74. The van der Waals surface area contributed by atoms with Crippen LogP contribution in [0.1, 0.15) is 37.3 Å². The Labute approximate surface area is 186 Å². The molecular weight excluding hydrogens is 412 g/mol. The van der Waals surface area contributed by atoms with Crippen LogP contribution in [0.3, 0.4) is 0 Å². The average molecular weight is 441 g/mol. The van der Waals surface area contributed by atoms with Crippen molar-refractivity contribution in [2.45, 2.75) is 32.7 Å². The van der Waals surface area contributed by atoms with Gasteiger partial charge in [-0.1, -0.05) is 18.2 Å². The van der Waals surface area contributed by atoms with Gasteiger partial charge in [-0.3, -0.25) is 24.7 Å². The number of benzene rings is 1. The number of esters is 1. The molecule has 0 radical (unpaired) electrons. The van der Waals surface area contributed by atoms with Crippen molar-refractivity contribution in [3.05, 3.63) is 68.1 Å². The number of para-hydroxylation sites is 1. The first-order valence-electron chi connectivity index (χ1n) is 10.6. The molecule has 32 heavy (non-hydrogen) atoms.